The van der Waals surface area contributed by atoms with E-state index < -0.39 is 0 Å². The second-order valence-corrected chi connectivity index (χ2v) is 6.22. The highest BCUT2D eigenvalue weighted by Crippen LogP contribution is 2.22. The summed E-state index contributed by atoms with van der Waals surface area (Å²) in [6.07, 6.45) is 2.47. The Labute approximate surface area is 139 Å². The summed E-state index contributed by atoms with van der Waals surface area (Å²) in [6.45, 7) is 4.09. The van der Waals surface area contributed by atoms with Crippen molar-refractivity contribution in [1.82, 2.24) is 4.98 Å². The van der Waals surface area contributed by atoms with E-state index in [0.29, 0.717) is 28.3 Å². The standard InChI is InChI=1S/C19H17ClNO2/c1-12(2)10-16-15(11-13-6-4-3-5-7-13)18(22)14-8-9-17(20)21-19(14)23-16/h3-10,12H,11H2,1-2H3. The molecule has 3 rings (SSSR count). The maximum Gasteiger partial charge on any atom is 0.231 e. The average molecular weight is 327 g/mol. The fraction of sp³-hybridized carbons (Fsp3) is 0.211. The molecule has 0 aliphatic carbocycles. The minimum Gasteiger partial charge on any atom is -0.442 e. The molecular weight excluding hydrogens is 310 g/mol. The lowest BCUT2D eigenvalue weighted by Crippen LogP contribution is -2.14. The lowest BCUT2D eigenvalue weighted by molar-refractivity contribution is 0.532. The summed E-state index contributed by atoms with van der Waals surface area (Å²) in [6, 6.07) is 13.2. The van der Waals surface area contributed by atoms with E-state index in [1.54, 1.807) is 12.1 Å². The zero-order chi connectivity index (χ0) is 16.4. The SMILES string of the molecule is CC(C)[CH]c1oc2nc(Cl)ccc2c(=O)c1Cc1ccccc1. The van der Waals surface area contributed by atoms with Crippen molar-refractivity contribution in [3.63, 3.8) is 0 Å². The number of benzene rings is 1. The van der Waals surface area contributed by atoms with Crippen LogP contribution in [-0.4, -0.2) is 4.98 Å². The third kappa shape index (κ3) is 3.45. The largest absolute Gasteiger partial charge is 0.442 e. The molecule has 0 spiro atoms. The molecule has 23 heavy (non-hydrogen) atoms. The molecule has 117 valence electrons. The lowest BCUT2D eigenvalue weighted by atomic mass is 9.98. The van der Waals surface area contributed by atoms with Gasteiger partial charge in [-0.3, -0.25) is 4.79 Å². The molecule has 4 heteroatoms. The number of pyridine rings is 1. The molecule has 2 heterocycles. The zero-order valence-corrected chi connectivity index (χ0v) is 13.8. The van der Waals surface area contributed by atoms with E-state index in [0.717, 1.165) is 5.56 Å². The van der Waals surface area contributed by atoms with E-state index in [4.69, 9.17) is 16.0 Å². The quantitative estimate of drug-likeness (QED) is 0.656. The Bertz CT molecular complexity index is 885. The van der Waals surface area contributed by atoms with Crippen LogP contribution < -0.4 is 5.43 Å². The van der Waals surface area contributed by atoms with Gasteiger partial charge in [0.05, 0.1) is 5.39 Å². The minimum absolute atomic E-state index is 0.0498. The van der Waals surface area contributed by atoms with Crippen molar-refractivity contribution in [2.24, 2.45) is 5.92 Å². The number of hydrogen-bond acceptors (Lipinski definition) is 3. The van der Waals surface area contributed by atoms with E-state index in [2.05, 4.69) is 4.98 Å². The molecule has 0 bridgehead atoms. The van der Waals surface area contributed by atoms with Gasteiger partial charge in [-0.1, -0.05) is 55.8 Å². The Morgan fingerprint density at radius 1 is 1.17 bits per heavy atom. The van der Waals surface area contributed by atoms with Crippen molar-refractivity contribution in [3.8, 4) is 0 Å². The lowest BCUT2D eigenvalue weighted by Gasteiger charge is -2.11. The Hall–Kier alpha value is -2.13. The Kier molecular flexibility index (Phi) is 4.49. The van der Waals surface area contributed by atoms with Crippen LogP contribution in [0.1, 0.15) is 30.7 Å². The number of halogens is 1. The molecule has 1 aromatic carbocycles. The summed E-state index contributed by atoms with van der Waals surface area (Å²) in [7, 11) is 0. The highest BCUT2D eigenvalue weighted by Gasteiger charge is 2.17. The van der Waals surface area contributed by atoms with Gasteiger partial charge >= 0.3 is 0 Å². The molecule has 0 aliphatic heterocycles. The maximum atomic E-state index is 12.9. The van der Waals surface area contributed by atoms with Crippen LogP contribution in [0.4, 0.5) is 0 Å². The first-order valence-corrected chi connectivity index (χ1v) is 7.93. The normalized spacial score (nSPS) is 11.3. The van der Waals surface area contributed by atoms with E-state index in [-0.39, 0.29) is 17.1 Å². The van der Waals surface area contributed by atoms with Crippen LogP contribution in [0.3, 0.4) is 0 Å². The summed E-state index contributed by atoms with van der Waals surface area (Å²) >= 11 is 5.92. The van der Waals surface area contributed by atoms with Crippen molar-refractivity contribution in [3.05, 3.63) is 81.1 Å². The van der Waals surface area contributed by atoms with Gasteiger partial charge in [-0.25, -0.2) is 4.98 Å². The van der Waals surface area contributed by atoms with Gasteiger partial charge in [0, 0.05) is 18.4 Å². The van der Waals surface area contributed by atoms with Gasteiger partial charge in [-0.05, 0) is 23.6 Å². The van der Waals surface area contributed by atoms with Crippen molar-refractivity contribution in [2.75, 3.05) is 0 Å². The maximum absolute atomic E-state index is 12.9. The Morgan fingerprint density at radius 3 is 2.61 bits per heavy atom. The molecule has 1 radical (unpaired) electrons. The van der Waals surface area contributed by atoms with E-state index in [9.17, 15) is 4.79 Å². The van der Waals surface area contributed by atoms with Gasteiger partial charge in [0.15, 0.2) is 5.43 Å². The third-order valence-electron chi connectivity index (χ3n) is 3.56. The molecule has 2 aromatic heterocycles. The fourth-order valence-corrected chi connectivity index (χ4v) is 2.65. The molecule has 0 atom stereocenters. The molecule has 0 amide bonds. The summed E-state index contributed by atoms with van der Waals surface area (Å²) in [5.74, 6) is 0.834. The van der Waals surface area contributed by atoms with Crippen molar-refractivity contribution >= 4 is 22.7 Å². The van der Waals surface area contributed by atoms with E-state index in [1.807, 2.05) is 50.6 Å². The minimum atomic E-state index is -0.0498. The van der Waals surface area contributed by atoms with Crippen molar-refractivity contribution < 1.29 is 4.42 Å². The molecule has 0 aliphatic rings. The van der Waals surface area contributed by atoms with Crippen molar-refractivity contribution in [1.29, 1.82) is 0 Å². The third-order valence-corrected chi connectivity index (χ3v) is 3.77. The highest BCUT2D eigenvalue weighted by atomic mass is 35.5. The molecule has 0 N–H and O–H groups in total. The van der Waals surface area contributed by atoms with E-state index >= 15 is 0 Å². The molecular formula is C19H17ClNO2. The number of hydrogen-bond donors (Lipinski definition) is 0. The first-order chi connectivity index (χ1) is 11.0. The van der Waals surface area contributed by atoms with Gasteiger partial charge < -0.3 is 4.42 Å². The van der Waals surface area contributed by atoms with Crippen LogP contribution in [0.2, 0.25) is 5.15 Å². The number of fused-ring (bicyclic) bond motifs is 1. The van der Waals surface area contributed by atoms with Crippen LogP contribution in [0.25, 0.3) is 11.1 Å². The molecule has 0 saturated carbocycles. The second kappa shape index (κ2) is 6.55. The Morgan fingerprint density at radius 2 is 1.91 bits per heavy atom. The molecule has 3 aromatic rings. The van der Waals surface area contributed by atoms with Crippen LogP contribution in [0.5, 0.6) is 0 Å². The second-order valence-electron chi connectivity index (χ2n) is 5.83. The van der Waals surface area contributed by atoms with Gasteiger partial charge in [-0.15, -0.1) is 0 Å². The first kappa shape index (κ1) is 15.8. The zero-order valence-electron chi connectivity index (χ0n) is 13.0. The summed E-state index contributed by atoms with van der Waals surface area (Å²) in [5, 5.41) is 0.771. The van der Waals surface area contributed by atoms with Crippen LogP contribution in [0.15, 0.2) is 51.7 Å². The summed E-state index contributed by atoms with van der Waals surface area (Å²) < 4.78 is 5.89. The average Bonchev–Trinajstić information content (AvgIpc) is 2.51. The predicted molar refractivity (Wildman–Crippen MR) is 92.8 cm³/mol. The molecule has 3 nitrogen and oxygen atoms in total. The predicted octanol–water partition coefficient (Wildman–Crippen LogP) is 4.64. The van der Waals surface area contributed by atoms with Crippen LogP contribution in [0, 0.1) is 12.3 Å². The molecule has 0 saturated heterocycles. The first-order valence-electron chi connectivity index (χ1n) is 7.55. The summed E-state index contributed by atoms with van der Waals surface area (Å²) in [4.78, 5) is 17.0. The number of aromatic nitrogens is 1. The topological polar surface area (TPSA) is 43.1 Å². The van der Waals surface area contributed by atoms with Crippen LogP contribution in [-0.2, 0) is 6.42 Å². The van der Waals surface area contributed by atoms with Gasteiger partial charge in [0.2, 0.25) is 5.71 Å². The van der Waals surface area contributed by atoms with Gasteiger partial charge in [0.1, 0.15) is 10.9 Å². The number of nitrogens with zero attached hydrogens (tertiary/aromatic N) is 1. The number of rotatable bonds is 4. The van der Waals surface area contributed by atoms with Gasteiger partial charge in [0.25, 0.3) is 0 Å². The molecule has 0 fully saturated rings. The molecule has 0 unspecified atom stereocenters. The summed E-state index contributed by atoms with van der Waals surface area (Å²) in [5.41, 5.74) is 1.96. The van der Waals surface area contributed by atoms with Crippen molar-refractivity contribution in [2.45, 2.75) is 20.3 Å². The smallest absolute Gasteiger partial charge is 0.231 e. The Balaban J connectivity index is 2.18. The van der Waals surface area contributed by atoms with E-state index in [1.165, 1.54) is 0 Å². The highest BCUT2D eigenvalue weighted by molar-refractivity contribution is 6.29. The van der Waals surface area contributed by atoms with Gasteiger partial charge in [-0.2, -0.15) is 0 Å². The monoisotopic (exact) mass is 326 g/mol. The fourth-order valence-electron chi connectivity index (χ4n) is 2.51. The van der Waals surface area contributed by atoms with Crippen LogP contribution >= 0.6 is 11.6 Å².